The standard InChI is InChI=1S/C17H13NO3/c1-11-5-6-13(17(19)20)9-16(11)21-15-4-2-3-12-7-8-18-10-14(12)15/h2-10H,1H3,(H,19,20). The molecule has 21 heavy (non-hydrogen) atoms. The third kappa shape index (κ3) is 2.56. The van der Waals surface area contributed by atoms with E-state index in [1.54, 1.807) is 24.5 Å². The van der Waals surface area contributed by atoms with Gasteiger partial charge in [-0.25, -0.2) is 4.79 Å². The third-order valence-corrected chi connectivity index (χ3v) is 3.30. The number of aromatic carboxylic acids is 1. The molecule has 0 saturated carbocycles. The van der Waals surface area contributed by atoms with E-state index in [1.165, 1.54) is 6.07 Å². The van der Waals surface area contributed by atoms with E-state index in [4.69, 9.17) is 9.84 Å². The fraction of sp³-hybridized carbons (Fsp3) is 0.0588. The van der Waals surface area contributed by atoms with Gasteiger partial charge in [-0.2, -0.15) is 0 Å². The summed E-state index contributed by atoms with van der Waals surface area (Å²) in [7, 11) is 0. The Morgan fingerprint density at radius 2 is 2.00 bits per heavy atom. The van der Waals surface area contributed by atoms with Gasteiger partial charge in [-0.05, 0) is 42.1 Å². The van der Waals surface area contributed by atoms with Crippen molar-refractivity contribution in [2.75, 3.05) is 0 Å². The number of aryl methyl sites for hydroxylation is 1. The first-order valence-corrected chi connectivity index (χ1v) is 6.50. The molecule has 3 rings (SSSR count). The molecule has 1 heterocycles. The second-order valence-corrected chi connectivity index (χ2v) is 4.74. The van der Waals surface area contributed by atoms with Crippen molar-refractivity contribution >= 4 is 16.7 Å². The topological polar surface area (TPSA) is 59.4 Å². The largest absolute Gasteiger partial charge is 0.478 e. The highest BCUT2D eigenvalue weighted by molar-refractivity contribution is 5.89. The lowest BCUT2D eigenvalue weighted by atomic mass is 10.1. The first kappa shape index (κ1) is 13.1. The molecule has 2 aromatic carbocycles. The van der Waals surface area contributed by atoms with Crippen LogP contribution in [0.5, 0.6) is 11.5 Å². The van der Waals surface area contributed by atoms with Gasteiger partial charge in [0, 0.05) is 17.8 Å². The van der Waals surface area contributed by atoms with Crippen molar-refractivity contribution in [3.05, 3.63) is 66.0 Å². The van der Waals surface area contributed by atoms with E-state index >= 15 is 0 Å². The number of ether oxygens (including phenoxy) is 1. The molecule has 4 heteroatoms. The van der Waals surface area contributed by atoms with E-state index < -0.39 is 5.97 Å². The quantitative estimate of drug-likeness (QED) is 0.786. The highest BCUT2D eigenvalue weighted by atomic mass is 16.5. The molecule has 0 saturated heterocycles. The van der Waals surface area contributed by atoms with E-state index in [1.807, 2.05) is 31.2 Å². The van der Waals surface area contributed by atoms with E-state index in [-0.39, 0.29) is 5.56 Å². The minimum absolute atomic E-state index is 0.203. The summed E-state index contributed by atoms with van der Waals surface area (Å²) in [6.45, 7) is 1.88. The van der Waals surface area contributed by atoms with Crippen LogP contribution in [0.4, 0.5) is 0 Å². The number of fused-ring (bicyclic) bond motifs is 1. The number of carboxylic acid groups (broad SMARTS) is 1. The summed E-state index contributed by atoms with van der Waals surface area (Å²) in [6, 6.07) is 12.5. The van der Waals surface area contributed by atoms with Gasteiger partial charge in [-0.1, -0.05) is 18.2 Å². The Morgan fingerprint density at radius 1 is 1.14 bits per heavy atom. The predicted octanol–water partition coefficient (Wildman–Crippen LogP) is 4.03. The van der Waals surface area contributed by atoms with E-state index in [0.717, 1.165) is 16.3 Å². The molecule has 3 aromatic rings. The molecular weight excluding hydrogens is 266 g/mol. The third-order valence-electron chi connectivity index (χ3n) is 3.30. The maximum absolute atomic E-state index is 11.1. The van der Waals surface area contributed by atoms with Gasteiger partial charge in [0.25, 0.3) is 0 Å². The van der Waals surface area contributed by atoms with Crippen LogP contribution in [0, 0.1) is 6.92 Å². The van der Waals surface area contributed by atoms with Crippen LogP contribution in [0.15, 0.2) is 54.9 Å². The summed E-state index contributed by atoms with van der Waals surface area (Å²) in [5, 5.41) is 11.0. The Bertz CT molecular complexity index is 822. The van der Waals surface area contributed by atoms with Crippen molar-refractivity contribution in [2.24, 2.45) is 0 Å². The molecule has 0 fully saturated rings. The number of aromatic nitrogens is 1. The Kier molecular flexibility index (Phi) is 3.28. The summed E-state index contributed by atoms with van der Waals surface area (Å²) in [5.74, 6) is 0.219. The fourth-order valence-electron chi connectivity index (χ4n) is 2.14. The SMILES string of the molecule is Cc1ccc(C(=O)O)cc1Oc1cccc2ccncc12. The van der Waals surface area contributed by atoms with Gasteiger partial charge in [0.05, 0.1) is 5.56 Å². The summed E-state index contributed by atoms with van der Waals surface area (Å²) >= 11 is 0. The molecule has 0 aliphatic carbocycles. The molecule has 0 radical (unpaired) electrons. The van der Waals surface area contributed by atoms with Crippen LogP contribution in [0.2, 0.25) is 0 Å². The van der Waals surface area contributed by atoms with Crippen LogP contribution in [-0.4, -0.2) is 16.1 Å². The number of hydrogen-bond acceptors (Lipinski definition) is 3. The highest BCUT2D eigenvalue weighted by Gasteiger charge is 2.09. The minimum atomic E-state index is -0.973. The highest BCUT2D eigenvalue weighted by Crippen LogP contribution is 2.31. The number of nitrogens with zero attached hydrogens (tertiary/aromatic N) is 1. The van der Waals surface area contributed by atoms with Gasteiger partial charge in [-0.15, -0.1) is 0 Å². The lowest BCUT2D eigenvalue weighted by Gasteiger charge is -2.11. The molecule has 1 aromatic heterocycles. The summed E-state index contributed by atoms with van der Waals surface area (Å²) in [6.07, 6.45) is 3.46. The molecule has 4 nitrogen and oxygen atoms in total. The van der Waals surface area contributed by atoms with E-state index in [0.29, 0.717) is 11.5 Å². The van der Waals surface area contributed by atoms with Crippen molar-refractivity contribution in [3.8, 4) is 11.5 Å². The van der Waals surface area contributed by atoms with Gasteiger partial charge in [0.15, 0.2) is 0 Å². The Balaban J connectivity index is 2.06. The van der Waals surface area contributed by atoms with E-state index in [2.05, 4.69) is 4.98 Å². The zero-order chi connectivity index (χ0) is 14.8. The average molecular weight is 279 g/mol. The average Bonchev–Trinajstić information content (AvgIpc) is 2.49. The van der Waals surface area contributed by atoms with Gasteiger partial charge in [0.1, 0.15) is 11.5 Å². The van der Waals surface area contributed by atoms with Crippen molar-refractivity contribution in [1.82, 2.24) is 4.98 Å². The van der Waals surface area contributed by atoms with Gasteiger partial charge >= 0.3 is 5.97 Å². The van der Waals surface area contributed by atoms with Gasteiger partial charge < -0.3 is 9.84 Å². The molecular formula is C17H13NO3. The molecule has 0 atom stereocenters. The smallest absolute Gasteiger partial charge is 0.335 e. The molecule has 0 spiro atoms. The summed E-state index contributed by atoms with van der Waals surface area (Å²) in [4.78, 5) is 15.2. The molecule has 0 aliphatic rings. The molecule has 0 aliphatic heterocycles. The number of rotatable bonds is 3. The Morgan fingerprint density at radius 3 is 2.81 bits per heavy atom. The number of hydrogen-bond donors (Lipinski definition) is 1. The monoisotopic (exact) mass is 279 g/mol. The van der Waals surface area contributed by atoms with Crippen LogP contribution in [0.1, 0.15) is 15.9 Å². The normalized spacial score (nSPS) is 10.5. The van der Waals surface area contributed by atoms with Crippen LogP contribution >= 0.6 is 0 Å². The van der Waals surface area contributed by atoms with Crippen LogP contribution in [-0.2, 0) is 0 Å². The lowest BCUT2D eigenvalue weighted by molar-refractivity contribution is 0.0696. The van der Waals surface area contributed by atoms with Gasteiger partial charge in [-0.3, -0.25) is 4.98 Å². The van der Waals surface area contributed by atoms with Crippen molar-refractivity contribution in [1.29, 1.82) is 0 Å². The Hall–Kier alpha value is -2.88. The minimum Gasteiger partial charge on any atom is -0.478 e. The fourth-order valence-corrected chi connectivity index (χ4v) is 2.14. The predicted molar refractivity (Wildman–Crippen MR) is 80.0 cm³/mol. The molecule has 0 bridgehead atoms. The molecule has 0 unspecified atom stereocenters. The number of benzene rings is 2. The van der Waals surface area contributed by atoms with Gasteiger partial charge in [0.2, 0.25) is 0 Å². The number of carbonyl (C=O) groups is 1. The van der Waals surface area contributed by atoms with Crippen molar-refractivity contribution < 1.29 is 14.6 Å². The zero-order valence-corrected chi connectivity index (χ0v) is 11.4. The maximum Gasteiger partial charge on any atom is 0.335 e. The second kappa shape index (κ2) is 5.25. The first-order chi connectivity index (χ1) is 10.1. The van der Waals surface area contributed by atoms with Crippen molar-refractivity contribution in [3.63, 3.8) is 0 Å². The van der Waals surface area contributed by atoms with E-state index in [9.17, 15) is 4.79 Å². The summed E-state index contributed by atoms with van der Waals surface area (Å²) < 4.78 is 5.91. The summed E-state index contributed by atoms with van der Waals surface area (Å²) in [5.41, 5.74) is 1.08. The van der Waals surface area contributed by atoms with Crippen molar-refractivity contribution in [2.45, 2.75) is 6.92 Å². The van der Waals surface area contributed by atoms with Crippen LogP contribution in [0.25, 0.3) is 10.8 Å². The molecule has 104 valence electrons. The second-order valence-electron chi connectivity index (χ2n) is 4.74. The van der Waals surface area contributed by atoms with Crippen LogP contribution in [0.3, 0.4) is 0 Å². The number of pyridine rings is 1. The Labute approximate surface area is 121 Å². The maximum atomic E-state index is 11.1. The molecule has 0 amide bonds. The number of carboxylic acids is 1. The zero-order valence-electron chi connectivity index (χ0n) is 11.4. The molecule has 1 N–H and O–H groups in total. The van der Waals surface area contributed by atoms with Crippen LogP contribution < -0.4 is 4.74 Å². The lowest BCUT2D eigenvalue weighted by Crippen LogP contribution is -1.98. The first-order valence-electron chi connectivity index (χ1n) is 6.50.